The van der Waals surface area contributed by atoms with Gasteiger partial charge in [-0.2, -0.15) is 4.99 Å². The van der Waals surface area contributed by atoms with E-state index < -0.39 is 6.29 Å². The number of imide groups is 1. The van der Waals surface area contributed by atoms with E-state index in [0.717, 1.165) is 17.7 Å². The summed E-state index contributed by atoms with van der Waals surface area (Å²) in [7, 11) is 0. The number of guanidine groups is 2. The van der Waals surface area contributed by atoms with E-state index in [1.165, 1.54) is 38.5 Å². The molecule has 2 rings (SSSR count). The summed E-state index contributed by atoms with van der Waals surface area (Å²) < 4.78 is 0. The SMILES string of the molecule is CCCCCCCCCC=CCN1C(N2C(=O)CCC2=O)=NC(N)=NC1N. The largest absolute Gasteiger partial charge is 0.368 e. The van der Waals surface area contributed by atoms with Gasteiger partial charge in [-0.3, -0.25) is 15.3 Å². The van der Waals surface area contributed by atoms with Crippen molar-refractivity contribution in [1.29, 1.82) is 0 Å². The van der Waals surface area contributed by atoms with Crippen LogP contribution in [0, 0.1) is 0 Å². The summed E-state index contributed by atoms with van der Waals surface area (Å²) in [5, 5.41) is 0. The first kappa shape index (κ1) is 21.1. The Morgan fingerprint density at radius 2 is 1.67 bits per heavy atom. The zero-order valence-electron chi connectivity index (χ0n) is 16.3. The van der Waals surface area contributed by atoms with Crippen molar-refractivity contribution < 1.29 is 9.59 Å². The maximum atomic E-state index is 12.0. The summed E-state index contributed by atoms with van der Waals surface area (Å²) in [4.78, 5) is 34.9. The Morgan fingerprint density at radius 1 is 1.04 bits per heavy atom. The second-order valence-electron chi connectivity index (χ2n) is 6.97. The van der Waals surface area contributed by atoms with Gasteiger partial charge in [0, 0.05) is 19.4 Å². The number of unbranched alkanes of at least 4 members (excludes halogenated alkanes) is 7. The first-order chi connectivity index (χ1) is 13.0. The van der Waals surface area contributed by atoms with Gasteiger partial charge in [0.2, 0.25) is 23.7 Å². The first-order valence-corrected chi connectivity index (χ1v) is 9.99. The Hall–Kier alpha value is -2.22. The van der Waals surface area contributed by atoms with Crippen molar-refractivity contribution in [3.8, 4) is 0 Å². The number of allylic oxidation sites excluding steroid dienone is 1. The molecule has 0 spiro atoms. The molecule has 1 atom stereocenters. The molecule has 0 aromatic heterocycles. The highest BCUT2D eigenvalue weighted by Crippen LogP contribution is 2.18. The minimum atomic E-state index is -0.762. The van der Waals surface area contributed by atoms with Crippen LogP contribution in [0.2, 0.25) is 0 Å². The van der Waals surface area contributed by atoms with Gasteiger partial charge in [-0.15, -0.1) is 0 Å². The number of carbonyl (C=O) groups is 2. The molecule has 4 N–H and O–H groups in total. The molecule has 2 heterocycles. The summed E-state index contributed by atoms with van der Waals surface area (Å²) in [5.41, 5.74) is 11.7. The fourth-order valence-corrected chi connectivity index (χ4v) is 3.21. The Bertz CT molecular complexity index is 597. The number of aliphatic imine (C=N–C) groups is 2. The van der Waals surface area contributed by atoms with Crippen LogP contribution in [0.1, 0.15) is 71.1 Å². The van der Waals surface area contributed by atoms with Crippen LogP contribution >= 0.6 is 0 Å². The lowest BCUT2D eigenvalue weighted by Crippen LogP contribution is -2.56. The molecule has 2 amide bonds. The molecule has 1 saturated heterocycles. The molecule has 8 nitrogen and oxygen atoms in total. The van der Waals surface area contributed by atoms with Crippen molar-refractivity contribution in [2.24, 2.45) is 21.5 Å². The van der Waals surface area contributed by atoms with E-state index in [-0.39, 0.29) is 36.6 Å². The topological polar surface area (TPSA) is 117 Å². The predicted octanol–water partition coefficient (Wildman–Crippen LogP) is 2.06. The van der Waals surface area contributed by atoms with Gasteiger partial charge in [0.25, 0.3) is 0 Å². The molecule has 1 unspecified atom stereocenters. The minimum absolute atomic E-state index is 0.0201. The van der Waals surface area contributed by atoms with E-state index in [9.17, 15) is 9.59 Å². The molecule has 0 aromatic rings. The predicted molar refractivity (Wildman–Crippen MR) is 107 cm³/mol. The van der Waals surface area contributed by atoms with Crippen LogP contribution in [-0.2, 0) is 9.59 Å². The summed E-state index contributed by atoms with van der Waals surface area (Å²) in [5.74, 6) is -0.396. The van der Waals surface area contributed by atoms with Crippen molar-refractivity contribution in [3.63, 3.8) is 0 Å². The second kappa shape index (κ2) is 10.8. The maximum absolute atomic E-state index is 12.0. The number of amides is 2. The minimum Gasteiger partial charge on any atom is -0.368 e. The van der Waals surface area contributed by atoms with E-state index >= 15 is 0 Å². The summed E-state index contributed by atoms with van der Waals surface area (Å²) in [6, 6.07) is 0. The van der Waals surface area contributed by atoms with E-state index in [1.54, 1.807) is 4.90 Å². The van der Waals surface area contributed by atoms with Gasteiger partial charge in [-0.25, -0.2) is 9.89 Å². The molecule has 8 heteroatoms. The van der Waals surface area contributed by atoms with Crippen LogP contribution in [0.3, 0.4) is 0 Å². The quantitative estimate of drug-likeness (QED) is 0.344. The lowest BCUT2D eigenvalue weighted by atomic mass is 10.1. The van der Waals surface area contributed by atoms with Crippen molar-refractivity contribution in [2.45, 2.75) is 77.4 Å². The Morgan fingerprint density at radius 3 is 2.33 bits per heavy atom. The van der Waals surface area contributed by atoms with Gasteiger partial charge in [-0.05, 0) is 12.8 Å². The number of nitrogens with two attached hydrogens (primary N) is 2. The summed E-state index contributed by atoms with van der Waals surface area (Å²) in [6.07, 6.45) is 13.6. The van der Waals surface area contributed by atoms with Gasteiger partial charge < -0.3 is 10.6 Å². The van der Waals surface area contributed by atoms with E-state index in [1.807, 2.05) is 6.08 Å². The molecule has 2 aliphatic rings. The van der Waals surface area contributed by atoms with Crippen LogP contribution in [0.15, 0.2) is 22.1 Å². The number of carbonyl (C=O) groups excluding carboxylic acids is 2. The zero-order chi connectivity index (χ0) is 19.6. The molecule has 0 aromatic carbocycles. The third kappa shape index (κ3) is 6.16. The molecule has 150 valence electrons. The van der Waals surface area contributed by atoms with Gasteiger partial charge in [0.15, 0.2) is 6.29 Å². The van der Waals surface area contributed by atoms with E-state index in [4.69, 9.17) is 11.5 Å². The normalized spacial score (nSPS) is 20.6. The number of likely N-dealkylation sites (tertiary alicyclic amines) is 1. The van der Waals surface area contributed by atoms with Crippen molar-refractivity contribution in [2.75, 3.05) is 6.54 Å². The molecule has 0 bridgehead atoms. The standard InChI is InChI=1S/C19H32N6O2/c1-2-3-4-5-6-7-8-9-10-11-14-24-18(21)22-17(20)23-19(24)25-15(26)12-13-16(25)27/h10-11,18H,2-9,12-14,21H2,1H3,(H2,20,22). The highest BCUT2D eigenvalue weighted by molar-refractivity contribution is 6.18. The summed E-state index contributed by atoms with van der Waals surface area (Å²) >= 11 is 0. The fraction of sp³-hybridized carbons (Fsp3) is 0.684. The van der Waals surface area contributed by atoms with E-state index in [0.29, 0.717) is 6.54 Å². The third-order valence-electron chi connectivity index (χ3n) is 4.75. The molecule has 27 heavy (non-hydrogen) atoms. The number of hydrogen-bond donors (Lipinski definition) is 2. The Kier molecular flexibility index (Phi) is 8.44. The molecular formula is C19H32N6O2. The lowest BCUT2D eigenvalue weighted by Gasteiger charge is -2.33. The Labute approximate surface area is 161 Å². The second-order valence-corrected chi connectivity index (χ2v) is 6.97. The Balaban J connectivity index is 1.82. The van der Waals surface area contributed by atoms with Crippen LogP contribution in [-0.4, -0.2) is 46.4 Å². The van der Waals surface area contributed by atoms with Crippen LogP contribution in [0.5, 0.6) is 0 Å². The van der Waals surface area contributed by atoms with Crippen LogP contribution < -0.4 is 11.5 Å². The zero-order valence-corrected chi connectivity index (χ0v) is 16.3. The highest BCUT2D eigenvalue weighted by atomic mass is 16.2. The summed E-state index contributed by atoms with van der Waals surface area (Å²) in [6.45, 7) is 2.65. The first-order valence-electron chi connectivity index (χ1n) is 9.99. The lowest BCUT2D eigenvalue weighted by molar-refractivity contribution is -0.134. The third-order valence-corrected chi connectivity index (χ3v) is 4.75. The molecule has 0 aliphatic carbocycles. The molecule has 1 fully saturated rings. The molecule has 0 saturated carbocycles. The van der Waals surface area contributed by atoms with Crippen molar-refractivity contribution in [3.05, 3.63) is 12.2 Å². The smallest absolute Gasteiger partial charge is 0.236 e. The average molecular weight is 377 g/mol. The molecular weight excluding hydrogens is 344 g/mol. The van der Waals surface area contributed by atoms with Crippen molar-refractivity contribution >= 4 is 23.7 Å². The average Bonchev–Trinajstić information content (AvgIpc) is 2.96. The van der Waals surface area contributed by atoms with Crippen LogP contribution in [0.4, 0.5) is 0 Å². The highest BCUT2D eigenvalue weighted by Gasteiger charge is 2.38. The van der Waals surface area contributed by atoms with Crippen LogP contribution in [0.25, 0.3) is 0 Å². The number of hydrogen-bond acceptors (Lipinski definition) is 7. The maximum Gasteiger partial charge on any atom is 0.236 e. The molecule has 0 radical (unpaired) electrons. The van der Waals surface area contributed by atoms with E-state index in [2.05, 4.69) is 23.0 Å². The number of nitrogens with zero attached hydrogens (tertiary/aromatic N) is 4. The monoisotopic (exact) mass is 376 g/mol. The van der Waals surface area contributed by atoms with Gasteiger partial charge in [0.05, 0.1) is 0 Å². The van der Waals surface area contributed by atoms with Gasteiger partial charge in [0.1, 0.15) is 0 Å². The van der Waals surface area contributed by atoms with Gasteiger partial charge in [-0.1, -0.05) is 57.6 Å². The number of rotatable bonds is 10. The van der Waals surface area contributed by atoms with Crippen molar-refractivity contribution in [1.82, 2.24) is 9.80 Å². The molecule has 2 aliphatic heterocycles. The van der Waals surface area contributed by atoms with Gasteiger partial charge >= 0.3 is 0 Å². The fourth-order valence-electron chi connectivity index (χ4n) is 3.21.